The van der Waals surface area contributed by atoms with Crippen molar-refractivity contribution in [1.82, 2.24) is 0 Å². The maximum absolute atomic E-state index is 12.5. The monoisotopic (exact) mass is 385 g/mol. The van der Waals surface area contributed by atoms with E-state index in [1.165, 1.54) is 0 Å². The number of guanidine groups is 1. The molecule has 0 bridgehead atoms. The fourth-order valence-corrected chi connectivity index (χ4v) is 3.49. The number of hydrogen-bond donors (Lipinski definition) is 0. The van der Waals surface area contributed by atoms with Crippen LogP contribution >= 0.6 is 0 Å². The van der Waals surface area contributed by atoms with Gasteiger partial charge in [-0.1, -0.05) is 12.1 Å². The van der Waals surface area contributed by atoms with E-state index in [2.05, 4.69) is 15.0 Å². The molecule has 2 aromatic heterocycles. The van der Waals surface area contributed by atoms with Gasteiger partial charge in [-0.2, -0.15) is 4.99 Å². The summed E-state index contributed by atoms with van der Waals surface area (Å²) in [6.07, 6.45) is 1.47. The van der Waals surface area contributed by atoms with Gasteiger partial charge in [-0.25, -0.2) is 14.8 Å². The van der Waals surface area contributed by atoms with Gasteiger partial charge in [-0.05, 0) is 43.2 Å². The van der Waals surface area contributed by atoms with E-state index in [4.69, 9.17) is 8.83 Å². The van der Waals surface area contributed by atoms with E-state index < -0.39 is 11.5 Å². The molecule has 0 radical (unpaired) electrons. The third kappa shape index (κ3) is 2.87. The molecule has 29 heavy (non-hydrogen) atoms. The Balaban J connectivity index is 1.55. The van der Waals surface area contributed by atoms with Crippen LogP contribution in [0.5, 0.6) is 0 Å². The van der Waals surface area contributed by atoms with Crippen LogP contribution in [0.2, 0.25) is 0 Å². The molecule has 0 saturated heterocycles. The fourth-order valence-electron chi connectivity index (χ4n) is 3.49. The van der Waals surface area contributed by atoms with Crippen molar-refractivity contribution in [2.45, 2.75) is 20.3 Å². The number of para-hydroxylation sites is 2. The first-order valence-electron chi connectivity index (χ1n) is 9.08. The maximum atomic E-state index is 12.5. The van der Waals surface area contributed by atoms with Crippen LogP contribution in [0.1, 0.15) is 16.7 Å². The van der Waals surface area contributed by atoms with E-state index in [0.29, 0.717) is 27.4 Å². The summed E-state index contributed by atoms with van der Waals surface area (Å²) in [5.74, 6) is -0.412. The number of aryl methyl sites for hydroxylation is 2. The molecule has 1 aliphatic heterocycles. The van der Waals surface area contributed by atoms with E-state index in [-0.39, 0.29) is 17.9 Å². The maximum Gasteiger partial charge on any atom is 0.340 e. The molecule has 7 nitrogen and oxygen atoms in total. The van der Waals surface area contributed by atoms with Crippen LogP contribution < -0.4 is 16.3 Å². The highest BCUT2D eigenvalue weighted by Gasteiger charge is 2.17. The summed E-state index contributed by atoms with van der Waals surface area (Å²) in [6.45, 7) is 3.75. The van der Waals surface area contributed by atoms with Crippen molar-refractivity contribution in [1.29, 1.82) is 0 Å². The first kappa shape index (κ1) is 17.2. The van der Waals surface area contributed by atoms with E-state index in [1.807, 2.05) is 25.1 Å². The Bertz CT molecular complexity index is 1500. The molecule has 0 N–H and O–H groups in total. The van der Waals surface area contributed by atoms with Gasteiger partial charge in [-0.15, -0.1) is 0 Å². The molecule has 1 aliphatic rings. The minimum atomic E-state index is -0.560. The standard InChI is InChI=1S/C22H15N3O4/c1-11-10-28-18-9-19-14(7-13(11)18)12(2)15(21(27)29-19)8-20(26)25-22-23-16-5-3-4-6-17(16)24-22/h3-7,9-10H,8H2,1-2H3. The topological polar surface area (TPSA) is 97.5 Å². The molecule has 0 fully saturated rings. The van der Waals surface area contributed by atoms with Gasteiger partial charge in [0.1, 0.15) is 11.2 Å². The van der Waals surface area contributed by atoms with Gasteiger partial charge in [0.2, 0.25) is 0 Å². The van der Waals surface area contributed by atoms with Crippen molar-refractivity contribution in [2.24, 2.45) is 15.0 Å². The number of benzene rings is 2. The van der Waals surface area contributed by atoms with E-state index >= 15 is 0 Å². The molecule has 7 heteroatoms. The summed E-state index contributed by atoms with van der Waals surface area (Å²) < 4.78 is 10.9. The van der Waals surface area contributed by atoms with Crippen LogP contribution in [0.4, 0.5) is 0 Å². The second-order valence-corrected chi connectivity index (χ2v) is 6.95. The first-order chi connectivity index (χ1) is 14.0. The van der Waals surface area contributed by atoms with Crippen molar-refractivity contribution in [2.75, 3.05) is 0 Å². The predicted molar refractivity (Wildman–Crippen MR) is 107 cm³/mol. The summed E-state index contributed by atoms with van der Waals surface area (Å²) in [5, 5.41) is 3.04. The fraction of sp³-hybridized carbons (Fsp3) is 0.136. The molecular formula is C22H15N3O4. The molecule has 0 aliphatic carbocycles. The quantitative estimate of drug-likeness (QED) is 0.495. The first-order valence-corrected chi connectivity index (χ1v) is 9.08. The Labute approximate surface area is 163 Å². The Morgan fingerprint density at radius 3 is 2.48 bits per heavy atom. The highest BCUT2D eigenvalue weighted by molar-refractivity contribution is 5.98. The zero-order valence-corrected chi connectivity index (χ0v) is 15.7. The minimum absolute atomic E-state index is 0.0924. The normalized spacial score (nSPS) is 12.7. The predicted octanol–water partition coefficient (Wildman–Crippen LogP) is 2.53. The van der Waals surface area contributed by atoms with Crippen LogP contribution in [0, 0.1) is 13.8 Å². The highest BCUT2D eigenvalue weighted by atomic mass is 16.4. The molecule has 1 amide bonds. The van der Waals surface area contributed by atoms with Crippen LogP contribution in [-0.2, 0) is 11.2 Å². The molecular weight excluding hydrogens is 370 g/mol. The number of fused-ring (bicyclic) bond motifs is 3. The van der Waals surface area contributed by atoms with Crippen LogP contribution in [0.3, 0.4) is 0 Å². The van der Waals surface area contributed by atoms with E-state index in [1.54, 1.807) is 31.4 Å². The lowest BCUT2D eigenvalue weighted by Crippen LogP contribution is -2.19. The summed E-state index contributed by atoms with van der Waals surface area (Å²) >= 11 is 0. The van der Waals surface area contributed by atoms with Crippen LogP contribution in [0.15, 0.2) is 71.3 Å². The molecule has 5 rings (SSSR count). The lowest BCUT2D eigenvalue weighted by atomic mass is 10.0. The molecule has 142 valence electrons. The molecule has 0 atom stereocenters. The molecule has 2 aromatic carbocycles. The Hall–Kier alpha value is -3.87. The number of nitrogens with zero attached hydrogens (tertiary/aromatic N) is 3. The lowest BCUT2D eigenvalue weighted by molar-refractivity contribution is -0.117. The second-order valence-electron chi connectivity index (χ2n) is 6.95. The zero-order chi connectivity index (χ0) is 20.1. The third-order valence-electron chi connectivity index (χ3n) is 5.05. The zero-order valence-electron chi connectivity index (χ0n) is 15.7. The van der Waals surface area contributed by atoms with Gasteiger partial charge in [0.15, 0.2) is 0 Å². The summed E-state index contributed by atoms with van der Waals surface area (Å²) in [5.41, 5.74) is 2.47. The number of amides is 1. The highest BCUT2D eigenvalue weighted by Crippen LogP contribution is 2.28. The van der Waals surface area contributed by atoms with Gasteiger partial charge in [0, 0.05) is 16.8 Å². The van der Waals surface area contributed by atoms with Gasteiger partial charge < -0.3 is 8.83 Å². The van der Waals surface area contributed by atoms with Crippen molar-refractivity contribution in [3.05, 3.63) is 80.5 Å². The Kier molecular flexibility index (Phi) is 3.77. The lowest BCUT2D eigenvalue weighted by Gasteiger charge is -2.06. The Morgan fingerprint density at radius 1 is 1.03 bits per heavy atom. The van der Waals surface area contributed by atoms with Gasteiger partial charge >= 0.3 is 5.63 Å². The number of carbonyl (C=O) groups is 1. The number of hydrogen-bond acceptors (Lipinski definition) is 4. The second kappa shape index (κ2) is 6.34. The van der Waals surface area contributed by atoms with Crippen LogP contribution in [0.25, 0.3) is 21.9 Å². The molecule has 0 saturated carbocycles. The number of aliphatic imine (C=N–C) groups is 1. The molecule has 0 spiro atoms. The summed E-state index contributed by atoms with van der Waals surface area (Å²) in [6, 6.07) is 10.9. The number of rotatable bonds is 2. The van der Waals surface area contributed by atoms with Crippen molar-refractivity contribution in [3.63, 3.8) is 0 Å². The van der Waals surface area contributed by atoms with Gasteiger partial charge in [0.05, 0.1) is 29.0 Å². The minimum Gasteiger partial charge on any atom is -0.464 e. The summed E-state index contributed by atoms with van der Waals surface area (Å²) in [7, 11) is 0. The van der Waals surface area contributed by atoms with E-state index in [0.717, 1.165) is 16.3 Å². The van der Waals surface area contributed by atoms with Crippen molar-refractivity contribution >= 4 is 33.8 Å². The van der Waals surface area contributed by atoms with Crippen molar-refractivity contribution in [3.8, 4) is 0 Å². The molecule has 3 heterocycles. The molecule has 4 aromatic rings. The average molecular weight is 385 g/mol. The van der Waals surface area contributed by atoms with Gasteiger partial charge in [0.25, 0.3) is 11.9 Å². The van der Waals surface area contributed by atoms with Crippen LogP contribution in [-0.4, -0.2) is 11.9 Å². The molecule has 0 unspecified atom stereocenters. The average Bonchev–Trinajstić information content (AvgIpc) is 3.26. The summed E-state index contributed by atoms with van der Waals surface area (Å²) in [4.78, 5) is 37.4. The van der Waals surface area contributed by atoms with Crippen molar-refractivity contribution < 1.29 is 13.6 Å². The Morgan fingerprint density at radius 2 is 1.76 bits per heavy atom. The van der Waals surface area contributed by atoms with Gasteiger partial charge in [-0.3, -0.25) is 4.79 Å². The number of carbonyl (C=O) groups excluding carboxylic acids is 1. The SMILES string of the molecule is Cc1coc2cc3oc(=O)c(CC(=O)N=C4N=c5ccccc5=N4)c(C)c3cc12. The third-order valence-corrected chi connectivity index (χ3v) is 5.05. The smallest absolute Gasteiger partial charge is 0.340 e. The number of furan rings is 1. The van der Waals surface area contributed by atoms with E-state index in [9.17, 15) is 9.59 Å². The largest absolute Gasteiger partial charge is 0.464 e.